The third kappa shape index (κ3) is 11.6. The van der Waals surface area contributed by atoms with E-state index in [0.29, 0.717) is 56.2 Å². The summed E-state index contributed by atoms with van der Waals surface area (Å²) in [7, 11) is 0. The number of cyclic esters (lactones) is 1. The fourth-order valence-corrected chi connectivity index (χ4v) is 4.61. The van der Waals surface area contributed by atoms with E-state index < -0.39 is 18.1 Å². The zero-order valence-corrected chi connectivity index (χ0v) is 25.8. The molecule has 0 aromatic heterocycles. The summed E-state index contributed by atoms with van der Waals surface area (Å²) in [4.78, 5) is 36.6. The largest absolute Gasteiger partial charge is 0.467 e. The van der Waals surface area contributed by atoms with Gasteiger partial charge in [-0.3, -0.25) is 4.79 Å². The van der Waals surface area contributed by atoms with Gasteiger partial charge >= 0.3 is 5.97 Å². The van der Waals surface area contributed by atoms with Crippen LogP contribution in [0.15, 0.2) is 46.7 Å². The molecule has 44 heavy (non-hydrogen) atoms. The zero-order valence-electron chi connectivity index (χ0n) is 25.8. The molecule has 0 aliphatic carbocycles. The first-order valence-corrected chi connectivity index (χ1v) is 15.1. The number of oxime groups is 1. The van der Waals surface area contributed by atoms with E-state index in [-0.39, 0.29) is 43.8 Å². The van der Waals surface area contributed by atoms with Crippen LogP contribution in [0.3, 0.4) is 0 Å². The normalized spacial score (nSPS) is 21.7. The first-order chi connectivity index (χ1) is 21.4. The molecule has 0 N–H and O–H groups in total. The Morgan fingerprint density at radius 1 is 1.07 bits per heavy atom. The predicted octanol–water partition coefficient (Wildman–Crippen LogP) is 5.49. The van der Waals surface area contributed by atoms with Crippen LogP contribution in [0.5, 0.6) is 11.5 Å². The summed E-state index contributed by atoms with van der Waals surface area (Å²) < 4.78 is 28.2. The average Bonchev–Trinajstić information content (AvgIpc) is 3.01. The molecule has 1 amide bonds. The van der Waals surface area contributed by atoms with E-state index in [1.807, 2.05) is 26.0 Å². The molecule has 13 heteroatoms. The monoisotopic (exact) mass is 613 g/mol. The van der Waals surface area contributed by atoms with Crippen LogP contribution in [-0.4, -0.2) is 81.1 Å². The fourth-order valence-electron chi connectivity index (χ4n) is 4.61. The highest BCUT2D eigenvalue weighted by Crippen LogP contribution is 2.32. The van der Waals surface area contributed by atoms with Crippen LogP contribution in [0, 0.1) is 0 Å². The standard InChI is InChI=1S/C31H43N5O8/c1-4-39-21-41-27-18-24-17-26(34-43-20-29(37)36-15-7-6-8-16-36)14-10-13-25(33-35-32)12-9-11-23(3)44-31(38)30(24)28(19-27)42-22-40-5-2/h9-10,12,14,18-19,23,25H,4-8,11,13,15-17,20-22H2,1-3H3/b12-9+,14-10+,34-26+/t23-,25+/m1/s1. The van der Waals surface area contributed by atoms with Gasteiger partial charge < -0.3 is 33.4 Å². The van der Waals surface area contributed by atoms with Gasteiger partial charge in [0.2, 0.25) is 0 Å². The Hall–Kier alpha value is -4.06. The van der Waals surface area contributed by atoms with Crippen molar-refractivity contribution < 1.29 is 38.1 Å². The third-order valence-corrected chi connectivity index (χ3v) is 6.85. The van der Waals surface area contributed by atoms with E-state index in [1.165, 1.54) is 0 Å². The topological polar surface area (TPSA) is 154 Å². The Kier molecular flexibility index (Phi) is 15.1. The van der Waals surface area contributed by atoms with Crippen molar-refractivity contribution in [1.82, 2.24) is 4.90 Å². The number of esters is 1. The summed E-state index contributed by atoms with van der Waals surface area (Å²) >= 11 is 0. The second kappa shape index (κ2) is 19.3. The van der Waals surface area contributed by atoms with Crippen molar-refractivity contribution in [2.45, 2.75) is 71.4 Å². The van der Waals surface area contributed by atoms with Crippen molar-refractivity contribution in [3.05, 3.63) is 58.0 Å². The van der Waals surface area contributed by atoms with Crippen LogP contribution >= 0.6 is 0 Å². The molecule has 0 saturated carbocycles. The number of ether oxygens (including phenoxy) is 5. The third-order valence-electron chi connectivity index (χ3n) is 6.85. The van der Waals surface area contributed by atoms with E-state index in [1.54, 1.807) is 36.1 Å². The van der Waals surface area contributed by atoms with Crippen LogP contribution in [0.25, 0.3) is 10.4 Å². The molecular weight excluding hydrogens is 570 g/mol. The first-order valence-electron chi connectivity index (χ1n) is 15.1. The van der Waals surface area contributed by atoms with Gasteiger partial charge in [-0.25, -0.2) is 4.79 Å². The maximum absolute atomic E-state index is 13.6. The zero-order chi connectivity index (χ0) is 31.6. The Labute approximate surface area is 258 Å². The summed E-state index contributed by atoms with van der Waals surface area (Å²) in [5.41, 5.74) is 10.1. The number of fused-ring (bicyclic) bond motifs is 1. The highest BCUT2D eigenvalue weighted by atomic mass is 16.7. The molecule has 2 aliphatic heterocycles. The van der Waals surface area contributed by atoms with Crippen LogP contribution < -0.4 is 9.47 Å². The molecule has 3 rings (SSSR count). The number of hydrogen-bond donors (Lipinski definition) is 0. The summed E-state index contributed by atoms with van der Waals surface area (Å²) in [6, 6.07) is 2.84. The smallest absolute Gasteiger partial charge is 0.342 e. The molecule has 2 heterocycles. The van der Waals surface area contributed by atoms with Crippen molar-refractivity contribution in [3.63, 3.8) is 0 Å². The van der Waals surface area contributed by atoms with Crippen molar-refractivity contribution >= 4 is 17.6 Å². The van der Waals surface area contributed by atoms with Crippen LogP contribution in [0.4, 0.5) is 0 Å². The molecule has 240 valence electrons. The lowest BCUT2D eigenvalue weighted by molar-refractivity contribution is -0.137. The molecular formula is C31H43N5O8. The number of likely N-dealkylation sites (tertiary alicyclic amines) is 1. The molecule has 0 unspecified atom stereocenters. The van der Waals surface area contributed by atoms with Gasteiger partial charge in [-0.2, -0.15) is 0 Å². The van der Waals surface area contributed by atoms with Crippen LogP contribution in [0.1, 0.15) is 68.8 Å². The van der Waals surface area contributed by atoms with Crippen LogP contribution in [0.2, 0.25) is 0 Å². The van der Waals surface area contributed by atoms with E-state index in [4.69, 9.17) is 34.1 Å². The predicted molar refractivity (Wildman–Crippen MR) is 164 cm³/mol. The highest BCUT2D eigenvalue weighted by Gasteiger charge is 2.24. The summed E-state index contributed by atoms with van der Waals surface area (Å²) in [5.74, 6) is -0.114. The average molecular weight is 614 g/mol. The Bertz CT molecular complexity index is 1220. The minimum Gasteiger partial charge on any atom is -0.467 e. The summed E-state index contributed by atoms with van der Waals surface area (Å²) in [5, 5.41) is 8.13. The molecule has 1 aromatic rings. The van der Waals surface area contributed by atoms with E-state index in [0.717, 1.165) is 19.3 Å². The van der Waals surface area contributed by atoms with Crippen molar-refractivity contribution in [2.75, 3.05) is 46.5 Å². The minimum absolute atomic E-state index is 0.00261. The number of piperidine rings is 1. The van der Waals surface area contributed by atoms with E-state index in [9.17, 15) is 9.59 Å². The molecule has 13 nitrogen and oxygen atoms in total. The number of carbonyl (C=O) groups is 2. The van der Waals surface area contributed by atoms with Gasteiger partial charge in [0.05, 0.1) is 11.8 Å². The van der Waals surface area contributed by atoms with Crippen molar-refractivity contribution in [1.29, 1.82) is 0 Å². The Morgan fingerprint density at radius 2 is 1.82 bits per heavy atom. The molecule has 1 aromatic carbocycles. The maximum Gasteiger partial charge on any atom is 0.342 e. The number of nitrogens with zero attached hydrogens (tertiary/aromatic N) is 5. The van der Waals surface area contributed by atoms with Crippen LogP contribution in [-0.2, 0) is 30.3 Å². The molecule has 0 bridgehead atoms. The summed E-state index contributed by atoms with van der Waals surface area (Å²) in [6.07, 6.45) is 10.6. The first kappa shape index (κ1) is 34.4. The molecule has 1 saturated heterocycles. The quantitative estimate of drug-likeness (QED) is 0.0438. The van der Waals surface area contributed by atoms with Crippen molar-refractivity contribution in [3.8, 4) is 11.5 Å². The molecule has 2 atom stereocenters. The van der Waals surface area contributed by atoms with Gasteiger partial charge in [-0.15, -0.1) is 0 Å². The van der Waals surface area contributed by atoms with Gasteiger partial charge in [0, 0.05) is 50.1 Å². The second-order valence-corrected chi connectivity index (χ2v) is 10.2. The number of hydrogen-bond acceptors (Lipinski definition) is 10. The fraction of sp³-hybridized carbons (Fsp3) is 0.581. The van der Waals surface area contributed by atoms with Crippen molar-refractivity contribution in [2.24, 2.45) is 10.3 Å². The highest BCUT2D eigenvalue weighted by molar-refractivity contribution is 6.00. The van der Waals surface area contributed by atoms with Gasteiger partial charge in [-0.1, -0.05) is 28.5 Å². The number of rotatable bonds is 12. The number of allylic oxidation sites excluding steroid dienone is 1. The van der Waals surface area contributed by atoms with E-state index >= 15 is 0 Å². The molecule has 2 aliphatic rings. The number of azide groups is 1. The van der Waals surface area contributed by atoms with Gasteiger partial charge in [0.25, 0.3) is 5.91 Å². The summed E-state index contributed by atoms with van der Waals surface area (Å²) in [6.45, 7) is 7.45. The maximum atomic E-state index is 13.6. The van der Waals surface area contributed by atoms with Gasteiger partial charge in [0.1, 0.15) is 23.2 Å². The lowest BCUT2D eigenvalue weighted by Gasteiger charge is -2.26. The lowest BCUT2D eigenvalue weighted by atomic mass is 9.99. The Balaban J connectivity index is 2.02. The van der Waals surface area contributed by atoms with E-state index in [2.05, 4.69) is 15.2 Å². The Morgan fingerprint density at radius 3 is 2.55 bits per heavy atom. The SMILES string of the molecule is CCOCOc1cc2c(c(OCOCC)c1)C(=O)O[C@H](C)C/C=C/[C@H](N=[N+]=[N-])C/C=C/C(=N\OCC(=O)N1CCCCC1)C2. The molecule has 0 radical (unpaired) electrons. The number of carbonyl (C=O) groups excluding carboxylic acids is 2. The van der Waals surface area contributed by atoms with Gasteiger partial charge in [-0.05, 0) is 69.7 Å². The van der Waals surface area contributed by atoms with Gasteiger partial charge in [0.15, 0.2) is 20.2 Å². The molecule has 0 spiro atoms. The molecule has 1 fully saturated rings. The second-order valence-electron chi connectivity index (χ2n) is 10.2. The minimum atomic E-state index is -0.600. The lowest BCUT2D eigenvalue weighted by Crippen LogP contribution is -2.37. The number of amides is 1. The number of benzene rings is 1.